The fraction of sp³-hybridized carbons (Fsp3) is 0.167. The molecule has 0 radical (unpaired) electrons. The van der Waals surface area contributed by atoms with Crippen molar-refractivity contribution in [3.05, 3.63) is 119 Å². The van der Waals surface area contributed by atoms with Gasteiger partial charge in [-0.05, 0) is 89.0 Å². The van der Waals surface area contributed by atoms with Gasteiger partial charge in [0.1, 0.15) is 0 Å². The summed E-state index contributed by atoms with van der Waals surface area (Å²) in [6.45, 7) is 9.51. The Morgan fingerprint density at radius 3 is 1.97 bits per heavy atom. The zero-order chi connectivity index (χ0) is 24.4. The van der Waals surface area contributed by atoms with Crippen molar-refractivity contribution in [3.8, 4) is 22.3 Å². The first-order chi connectivity index (χ1) is 17.4. The first kappa shape index (κ1) is 20.3. The highest BCUT2D eigenvalue weighted by atomic mass is 14.4. The van der Waals surface area contributed by atoms with E-state index in [2.05, 4.69) is 125 Å². The minimum Gasteiger partial charge on any atom is -0.0619 e. The predicted molar refractivity (Wildman–Crippen MR) is 154 cm³/mol. The van der Waals surface area contributed by atoms with Gasteiger partial charge in [-0.15, -0.1) is 0 Å². The van der Waals surface area contributed by atoms with Crippen molar-refractivity contribution < 1.29 is 0 Å². The third-order valence-electron chi connectivity index (χ3n) is 9.24. The lowest BCUT2D eigenvalue weighted by Crippen LogP contribution is -2.15. The Hall–Kier alpha value is -3.90. The van der Waals surface area contributed by atoms with E-state index in [0.29, 0.717) is 0 Å². The Labute approximate surface area is 212 Å². The van der Waals surface area contributed by atoms with Gasteiger partial charge in [0.05, 0.1) is 0 Å². The van der Waals surface area contributed by atoms with Crippen molar-refractivity contribution in [2.24, 2.45) is 0 Å². The highest BCUT2D eigenvalue weighted by Gasteiger charge is 2.37. The summed E-state index contributed by atoms with van der Waals surface area (Å²) in [4.78, 5) is 0. The van der Waals surface area contributed by atoms with Crippen LogP contribution in [-0.4, -0.2) is 0 Å². The van der Waals surface area contributed by atoms with Crippen molar-refractivity contribution >= 4 is 32.3 Å². The molecular formula is C36H28. The van der Waals surface area contributed by atoms with Crippen molar-refractivity contribution in [2.45, 2.75) is 38.5 Å². The van der Waals surface area contributed by atoms with E-state index in [1.54, 1.807) is 0 Å². The average molecular weight is 461 g/mol. The Morgan fingerprint density at radius 2 is 1.08 bits per heavy atom. The molecule has 36 heavy (non-hydrogen) atoms. The zero-order valence-corrected chi connectivity index (χ0v) is 21.2. The van der Waals surface area contributed by atoms with Crippen molar-refractivity contribution in [3.63, 3.8) is 0 Å². The van der Waals surface area contributed by atoms with Crippen LogP contribution >= 0.6 is 0 Å². The standard InChI is InChI=1S/C36H28/c1-35(2)29-12-8-7-11-25(29)26-14-13-22(19-31(26)35)24-17-18-30-33-28(24)16-15-27-23-10-6-5-9-21(23)20-32(34(27)33)36(30,3)4/h5-20H,1-4H3. The summed E-state index contributed by atoms with van der Waals surface area (Å²) < 4.78 is 0. The summed E-state index contributed by atoms with van der Waals surface area (Å²) in [5.74, 6) is 0. The lowest BCUT2D eigenvalue weighted by Gasteiger charge is -2.23. The van der Waals surface area contributed by atoms with Gasteiger partial charge in [0.15, 0.2) is 0 Å². The van der Waals surface area contributed by atoms with Crippen LogP contribution in [0.2, 0.25) is 0 Å². The van der Waals surface area contributed by atoms with Crippen molar-refractivity contribution in [1.82, 2.24) is 0 Å². The molecule has 0 fully saturated rings. The van der Waals surface area contributed by atoms with Gasteiger partial charge in [-0.25, -0.2) is 0 Å². The third-order valence-corrected chi connectivity index (χ3v) is 9.24. The Bertz CT molecular complexity index is 1930. The predicted octanol–water partition coefficient (Wildman–Crippen LogP) is 9.76. The van der Waals surface area contributed by atoms with Gasteiger partial charge < -0.3 is 0 Å². The molecule has 8 rings (SSSR count). The molecule has 2 aliphatic carbocycles. The van der Waals surface area contributed by atoms with Crippen LogP contribution in [0, 0.1) is 0 Å². The highest BCUT2D eigenvalue weighted by molar-refractivity contribution is 6.24. The Kier molecular flexibility index (Phi) is 3.64. The SMILES string of the molecule is CC1(C)c2ccccc2-c2ccc(-c3ccc4c5c3ccc3c6ccccc6cc(c35)C4(C)C)cc21. The fourth-order valence-corrected chi connectivity index (χ4v) is 7.33. The van der Waals surface area contributed by atoms with Gasteiger partial charge in [0, 0.05) is 10.8 Å². The number of benzene rings is 6. The van der Waals surface area contributed by atoms with Gasteiger partial charge in [-0.2, -0.15) is 0 Å². The van der Waals surface area contributed by atoms with Crippen LogP contribution in [0.25, 0.3) is 54.6 Å². The second-order valence-electron chi connectivity index (χ2n) is 11.8. The molecular weight excluding hydrogens is 432 g/mol. The van der Waals surface area contributed by atoms with Gasteiger partial charge >= 0.3 is 0 Å². The quantitative estimate of drug-likeness (QED) is 0.214. The molecule has 0 aromatic heterocycles. The Balaban J connectivity index is 1.43. The molecule has 2 aliphatic rings. The van der Waals surface area contributed by atoms with Gasteiger partial charge in [0.25, 0.3) is 0 Å². The number of fused-ring (bicyclic) bond motifs is 5. The first-order valence-electron chi connectivity index (χ1n) is 13.0. The molecule has 172 valence electrons. The maximum atomic E-state index is 2.46. The molecule has 0 spiro atoms. The summed E-state index contributed by atoms with van der Waals surface area (Å²) in [7, 11) is 0. The number of rotatable bonds is 1. The van der Waals surface area contributed by atoms with Crippen LogP contribution in [0.4, 0.5) is 0 Å². The maximum Gasteiger partial charge on any atom is 0.0159 e. The van der Waals surface area contributed by atoms with Crippen molar-refractivity contribution in [1.29, 1.82) is 0 Å². The molecule has 0 unspecified atom stereocenters. The van der Waals surface area contributed by atoms with E-state index in [-0.39, 0.29) is 10.8 Å². The van der Waals surface area contributed by atoms with E-state index in [0.717, 1.165) is 0 Å². The monoisotopic (exact) mass is 460 g/mol. The topological polar surface area (TPSA) is 0 Å². The molecule has 0 aliphatic heterocycles. The average Bonchev–Trinajstić information content (AvgIpc) is 3.27. The summed E-state index contributed by atoms with van der Waals surface area (Å²) in [5, 5.41) is 8.33. The van der Waals surface area contributed by atoms with Crippen LogP contribution in [0.3, 0.4) is 0 Å². The minimum absolute atomic E-state index is 0.00636. The van der Waals surface area contributed by atoms with Gasteiger partial charge in [0.2, 0.25) is 0 Å². The van der Waals surface area contributed by atoms with Crippen LogP contribution in [0.5, 0.6) is 0 Å². The van der Waals surface area contributed by atoms with E-state index in [1.165, 1.54) is 76.8 Å². The van der Waals surface area contributed by atoms with Crippen LogP contribution in [0.15, 0.2) is 97.1 Å². The van der Waals surface area contributed by atoms with E-state index in [9.17, 15) is 0 Å². The molecule has 0 atom stereocenters. The summed E-state index contributed by atoms with van der Waals surface area (Å²) >= 11 is 0. The smallest absolute Gasteiger partial charge is 0.0159 e. The van der Waals surface area contributed by atoms with E-state index >= 15 is 0 Å². The molecule has 0 amide bonds. The number of hydrogen-bond acceptors (Lipinski definition) is 0. The highest BCUT2D eigenvalue weighted by Crippen LogP contribution is 2.53. The van der Waals surface area contributed by atoms with Gasteiger partial charge in [-0.3, -0.25) is 0 Å². The molecule has 0 bridgehead atoms. The fourth-order valence-electron chi connectivity index (χ4n) is 7.33. The zero-order valence-electron chi connectivity index (χ0n) is 21.2. The molecule has 0 saturated carbocycles. The van der Waals surface area contributed by atoms with Crippen LogP contribution < -0.4 is 0 Å². The number of hydrogen-bond donors (Lipinski definition) is 0. The lowest BCUT2D eigenvalue weighted by atomic mass is 9.80. The summed E-state index contributed by atoms with van der Waals surface area (Å²) in [6, 6.07) is 36.8. The first-order valence-corrected chi connectivity index (χ1v) is 13.0. The van der Waals surface area contributed by atoms with E-state index in [4.69, 9.17) is 0 Å². The molecule has 0 saturated heterocycles. The van der Waals surface area contributed by atoms with E-state index in [1.807, 2.05) is 0 Å². The van der Waals surface area contributed by atoms with Crippen LogP contribution in [-0.2, 0) is 10.8 Å². The van der Waals surface area contributed by atoms with Crippen LogP contribution in [0.1, 0.15) is 49.9 Å². The molecule has 0 heterocycles. The molecule has 6 aromatic carbocycles. The van der Waals surface area contributed by atoms with Crippen molar-refractivity contribution in [2.75, 3.05) is 0 Å². The summed E-state index contributed by atoms with van der Waals surface area (Å²) in [6.07, 6.45) is 0. The normalized spacial score (nSPS) is 16.2. The Morgan fingerprint density at radius 1 is 0.417 bits per heavy atom. The lowest BCUT2D eigenvalue weighted by molar-refractivity contribution is 0.660. The molecule has 0 heteroatoms. The maximum absolute atomic E-state index is 2.46. The third kappa shape index (κ3) is 2.31. The largest absolute Gasteiger partial charge is 0.0619 e. The molecule has 0 N–H and O–H groups in total. The second-order valence-corrected chi connectivity index (χ2v) is 11.8. The molecule has 6 aromatic rings. The van der Waals surface area contributed by atoms with E-state index < -0.39 is 0 Å². The van der Waals surface area contributed by atoms with Gasteiger partial charge in [-0.1, -0.05) is 113 Å². The minimum atomic E-state index is -0.00960. The summed E-state index contributed by atoms with van der Waals surface area (Å²) in [5.41, 5.74) is 11.2. The molecule has 0 nitrogen and oxygen atoms in total. The second kappa shape index (κ2) is 6.45.